The summed E-state index contributed by atoms with van der Waals surface area (Å²) in [4.78, 5) is 15.7. The molecule has 1 N–H and O–H groups in total. The molecule has 0 aromatic heterocycles. The summed E-state index contributed by atoms with van der Waals surface area (Å²) in [5.74, 6) is 0.203. The minimum absolute atomic E-state index is 0.0677. The van der Waals surface area contributed by atoms with Gasteiger partial charge in [-0.05, 0) is 24.5 Å². The van der Waals surface area contributed by atoms with E-state index in [1.165, 1.54) is 10.5 Å². The fourth-order valence-corrected chi connectivity index (χ4v) is 4.39. The van der Waals surface area contributed by atoms with Crippen molar-refractivity contribution < 1.29 is 4.79 Å². The van der Waals surface area contributed by atoms with E-state index in [0.29, 0.717) is 5.25 Å². The number of amides is 1. The van der Waals surface area contributed by atoms with Crippen molar-refractivity contribution in [2.45, 2.75) is 36.0 Å². The lowest BCUT2D eigenvalue weighted by atomic mass is 10.1. The van der Waals surface area contributed by atoms with Crippen LogP contribution in [0.1, 0.15) is 18.9 Å². The molecule has 2 atom stereocenters. The Morgan fingerprint density at radius 3 is 3.05 bits per heavy atom. The van der Waals surface area contributed by atoms with E-state index in [0.717, 1.165) is 32.5 Å². The van der Waals surface area contributed by atoms with Crippen LogP contribution in [0.2, 0.25) is 0 Å². The summed E-state index contributed by atoms with van der Waals surface area (Å²) in [7, 11) is 0. The Morgan fingerprint density at radius 2 is 2.26 bits per heavy atom. The van der Waals surface area contributed by atoms with Gasteiger partial charge in [0.25, 0.3) is 0 Å². The Labute approximate surface area is 118 Å². The summed E-state index contributed by atoms with van der Waals surface area (Å²) >= 11 is 1.97. The van der Waals surface area contributed by atoms with Crippen molar-refractivity contribution in [1.29, 1.82) is 0 Å². The average Bonchev–Trinajstić information content (AvgIpc) is 2.81. The lowest BCUT2D eigenvalue weighted by Gasteiger charge is -2.35. The maximum Gasteiger partial charge on any atom is 0.237 e. The number of hydrogen-bond acceptors (Lipinski definition) is 3. The second-order valence-electron chi connectivity index (χ2n) is 5.26. The number of fused-ring (bicyclic) bond motifs is 1. The predicted octanol–water partition coefficient (Wildman–Crippen LogP) is 1.91. The number of rotatable bonds is 3. The Morgan fingerprint density at radius 1 is 1.42 bits per heavy atom. The molecular weight excluding hydrogens is 256 g/mol. The lowest BCUT2D eigenvalue weighted by molar-refractivity contribution is -0.129. The minimum Gasteiger partial charge on any atom is -0.353 e. The van der Waals surface area contributed by atoms with Crippen molar-refractivity contribution in [3.8, 4) is 0 Å². The van der Waals surface area contributed by atoms with Gasteiger partial charge in [0.05, 0.1) is 6.04 Å². The molecule has 1 amide bonds. The summed E-state index contributed by atoms with van der Waals surface area (Å²) in [6.45, 7) is 4.89. The van der Waals surface area contributed by atoms with E-state index in [4.69, 9.17) is 0 Å². The van der Waals surface area contributed by atoms with Crippen LogP contribution in [-0.2, 0) is 11.2 Å². The van der Waals surface area contributed by atoms with Gasteiger partial charge in [0, 0.05) is 29.8 Å². The molecule has 19 heavy (non-hydrogen) atoms. The van der Waals surface area contributed by atoms with Crippen molar-refractivity contribution in [2.75, 3.05) is 19.6 Å². The summed E-state index contributed by atoms with van der Waals surface area (Å²) in [5.41, 5.74) is 1.46. The highest BCUT2D eigenvalue weighted by Crippen LogP contribution is 2.37. The largest absolute Gasteiger partial charge is 0.353 e. The Kier molecular flexibility index (Phi) is 3.80. The van der Waals surface area contributed by atoms with Crippen molar-refractivity contribution in [3.63, 3.8) is 0 Å². The SMILES string of the molecule is CCC1C(=O)NCCN1CC1Cc2ccccc2S1. The monoisotopic (exact) mass is 276 g/mol. The van der Waals surface area contributed by atoms with Crippen LogP contribution in [0, 0.1) is 0 Å². The number of nitrogens with one attached hydrogen (secondary N) is 1. The summed E-state index contributed by atoms with van der Waals surface area (Å²) < 4.78 is 0. The molecule has 2 aliphatic heterocycles. The van der Waals surface area contributed by atoms with E-state index in [1.807, 2.05) is 11.8 Å². The number of carbonyl (C=O) groups excluding carboxylic acids is 1. The molecule has 1 fully saturated rings. The number of thioether (sulfide) groups is 1. The van der Waals surface area contributed by atoms with Crippen molar-refractivity contribution >= 4 is 17.7 Å². The first-order valence-electron chi connectivity index (χ1n) is 7.04. The highest BCUT2D eigenvalue weighted by molar-refractivity contribution is 8.00. The maximum atomic E-state index is 11.9. The van der Waals surface area contributed by atoms with Gasteiger partial charge in [-0.1, -0.05) is 25.1 Å². The van der Waals surface area contributed by atoms with Crippen LogP contribution in [0.5, 0.6) is 0 Å². The first-order chi connectivity index (χ1) is 9.28. The molecule has 1 saturated heterocycles. The number of nitrogens with zero attached hydrogens (tertiary/aromatic N) is 1. The van der Waals surface area contributed by atoms with Gasteiger partial charge in [-0.25, -0.2) is 0 Å². The van der Waals surface area contributed by atoms with Gasteiger partial charge in [0.15, 0.2) is 0 Å². The number of hydrogen-bond donors (Lipinski definition) is 1. The molecule has 2 aliphatic rings. The molecule has 4 heteroatoms. The van der Waals surface area contributed by atoms with Gasteiger partial charge in [-0.3, -0.25) is 9.69 Å². The van der Waals surface area contributed by atoms with E-state index in [1.54, 1.807) is 0 Å². The summed E-state index contributed by atoms with van der Waals surface area (Å²) in [5, 5.41) is 3.56. The van der Waals surface area contributed by atoms with Gasteiger partial charge in [-0.15, -0.1) is 11.8 Å². The van der Waals surface area contributed by atoms with E-state index < -0.39 is 0 Å². The third-order valence-electron chi connectivity index (χ3n) is 3.98. The van der Waals surface area contributed by atoms with E-state index in [2.05, 4.69) is 41.4 Å². The molecule has 1 aromatic carbocycles. The Balaban J connectivity index is 1.65. The Hall–Kier alpha value is -1.00. The van der Waals surface area contributed by atoms with Crippen LogP contribution >= 0.6 is 11.8 Å². The first kappa shape index (κ1) is 13.0. The molecule has 0 radical (unpaired) electrons. The van der Waals surface area contributed by atoms with Gasteiger partial charge >= 0.3 is 0 Å². The molecule has 0 spiro atoms. The van der Waals surface area contributed by atoms with Gasteiger partial charge < -0.3 is 5.32 Å². The number of carbonyl (C=O) groups is 1. The molecule has 0 bridgehead atoms. The second-order valence-corrected chi connectivity index (χ2v) is 6.60. The van der Waals surface area contributed by atoms with Crippen LogP contribution in [0.4, 0.5) is 0 Å². The first-order valence-corrected chi connectivity index (χ1v) is 7.92. The molecule has 1 aromatic rings. The fraction of sp³-hybridized carbons (Fsp3) is 0.533. The van der Waals surface area contributed by atoms with Crippen LogP contribution in [0.25, 0.3) is 0 Å². The molecule has 0 aliphatic carbocycles. The van der Waals surface area contributed by atoms with Crippen LogP contribution < -0.4 is 5.32 Å². The molecule has 3 nitrogen and oxygen atoms in total. The van der Waals surface area contributed by atoms with Crippen molar-refractivity contribution in [2.24, 2.45) is 0 Å². The topological polar surface area (TPSA) is 32.3 Å². The fourth-order valence-electron chi connectivity index (χ4n) is 3.04. The zero-order valence-corrected chi connectivity index (χ0v) is 12.1. The zero-order chi connectivity index (χ0) is 13.2. The average molecular weight is 276 g/mol. The molecule has 102 valence electrons. The lowest BCUT2D eigenvalue weighted by Crippen LogP contribution is -2.56. The third kappa shape index (κ3) is 2.65. The Bertz CT molecular complexity index is 452. The maximum absolute atomic E-state index is 11.9. The molecule has 3 rings (SSSR count). The smallest absolute Gasteiger partial charge is 0.237 e. The standard InChI is InChI=1S/C15H20N2OS/c1-2-13-15(18)16-7-8-17(13)10-12-9-11-5-3-4-6-14(11)19-12/h3-6,12-13H,2,7-10H2,1H3,(H,16,18). The molecular formula is C15H20N2OS. The highest BCUT2D eigenvalue weighted by Gasteiger charge is 2.31. The van der Waals surface area contributed by atoms with Gasteiger partial charge in [0.1, 0.15) is 0 Å². The van der Waals surface area contributed by atoms with Gasteiger partial charge in [-0.2, -0.15) is 0 Å². The number of benzene rings is 1. The van der Waals surface area contributed by atoms with E-state index >= 15 is 0 Å². The van der Waals surface area contributed by atoms with E-state index in [-0.39, 0.29) is 11.9 Å². The van der Waals surface area contributed by atoms with E-state index in [9.17, 15) is 4.79 Å². The van der Waals surface area contributed by atoms with Crippen molar-refractivity contribution in [1.82, 2.24) is 10.2 Å². The summed E-state index contributed by atoms with van der Waals surface area (Å²) in [6.07, 6.45) is 2.03. The van der Waals surface area contributed by atoms with Crippen LogP contribution in [-0.4, -0.2) is 41.7 Å². The molecule has 2 unspecified atom stereocenters. The quantitative estimate of drug-likeness (QED) is 0.915. The zero-order valence-electron chi connectivity index (χ0n) is 11.3. The predicted molar refractivity (Wildman–Crippen MR) is 78.5 cm³/mol. The summed E-state index contributed by atoms with van der Waals surface area (Å²) in [6, 6.07) is 8.73. The third-order valence-corrected chi connectivity index (χ3v) is 5.28. The highest BCUT2D eigenvalue weighted by atomic mass is 32.2. The van der Waals surface area contributed by atoms with Crippen LogP contribution in [0.3, 0.4) is 0 Å². The van der Waals surface area contributed by atoms with Gasteiger partial charge in [0.2, 0.25) is 5.91 Å². The van der Waals surface area contributed by atoms with Crippen LogP contribution in [0.15, 0.2) is 29.2 Å². The van der Waals surface area contributed by atoms with Crippen molar-refractivity contribution in [3.05, 3.63) is 29.8 Å². The second kappa shape index (κ2) is 5.55. The molecule has 2 heterocycles. The minimum atomic E-state index is 0.0677. The normalized spacial score (nSPS) is 27.1. The number of piperazine rings is 1. The molecule has 0 saturated carbocycles.